The smallest absolute Gasteiger partial charge is 0.126 e. The highest BCUT2D eigenvalue weighted by molar-refractivity contribution is 5.49. The molecule has 3 rings (SSSR count). The number of hydrogen-bond donors (Lipinski definition) is 1. The van der Waals surface area contributed by atoms with E-state index >= 15 is 0 Å². The van der Waals surface area contributed by atoms with Crippen molar-refractivity contribution < 1.29 is 4.39 Å². The van der Waals surface area contributed by atoms with Gasteiger partial charge in [-0.15, -0.1) is 0 Å². The van der Waals surface area contributed by atoms with Gasteiger partial charge in [0.25, 0.3) is 0 Å². The summed E-state index contributed by atoms with van der Waals surface area (Å²) < 4.78 is 13.6. The van der Waals surface area contributed by atoms with Gasteiger partial charge in [0.2, 0.25) is 0 Å². The van der Waals surface area contributed by atoms with Crippen molar-refractivity contribution in [3.05, 3.63) is 59.7 Å². The van der Waals surface area contributed by atoms with Crippen LogP contribution >= 0.6 is 0 Å². The fourth-order valence-electron chi connectivity index (χ4n) is 2.63. The lowest BCUT2D eigenvalue weighted by Crippen LogP contribution is -2.34. The van der Waals surface area contributed by atoms with E-state index < -0.39 is 0 Å². The topological polar surface area (TPSA) is 24.9 Å². The largest absolute Gasteiger partial charge is 0.381 e. The van der Waals surface area contributed by atoms with E-state index in [1.165, 1.54) is 5.56 Å². The fraction of sp³-hybridized carbons (Fsp3) is 0.312. The molecule has 1 aromatic heterocycles. The SMILES string of the molecule is Cc1ccncc1NC1CC(c2ccccc2F)C1. The summed E-state index contributed by atoms with van der Waals surface area (Å²) >= 11 is 0. The second kappa shape index (κ2) is 5.00. The van der Waals surface area contributed by atoms with Crippen LogP contribution in [0.2, 0.25) is 0 Å². The zero-order valence-electron chi connectivity index (χ0n) is 10.9. The van der Waals surface area contributed by atoms with Crippen molar-refractivity contribution in [2.45, 2.75) is 31.7 Å². The van der Waals surface area contributed by atoms with E-state index in [1.807, 2.05) is 24.4 Å². The molecule has 1 saturated carbocycles. The minimum atomic E-state index is -0.0801. The van der Waals surface area contributed by atoms with Gasteiger partial charge >= 0.3 is 0 Å². The minimum absolute atomic E-state index is 0.0801. The maximum absolute atomic E-state index is 13.6. The molecule has 19 heavy (non-hydrogen) atoms. The van der Waals surface area contributed by atoms with Gasteiger partial charge in [0.15, 0.2) is 0 Å². The lowest BCUT2D eigenvalue weighted by molar-refractivity contribution is 0.363. The van der Waals surface area contributed by atoms with E-state index in [2.05, 4.69) is 17.2 Å². The Labute approximate surface area is 112 Å². The van der Waals surface area contributed by atoms with E-state index in [4.69, 9.17) is 0 Å². The van der Waals surface area contributed by atoms with E-state index in [-0.39, 0.29) is 5.82 Å². The van der Waals surface area contributed by atoms with Crippen LogP contribution < -0.4 is 5.32 Å². The van der Waals surface area contributed by atoms with Gasteiger partial charge < -0.3 is 5.32 Å². The Hall–Kier alpha value is -1.90. The van der Waals surface area contributed by atoms with Crippen molar-refractivity contribution in [2.75, 3.05) is 5.32 Å². The predicted octanol–water partition coefficient (Wildman–Crippen LogP) is 3.89. The second-order valence-corrected chi connectivity index (χ2v) is 5.22. The monoisotopic (exact) mass is 256 g/mol. The van der Waals surface area contributed by atoms with E-state index in [1.54, 1.807) is 18.3 Å². The Balaban J connectivity index is 1.62. The van der Waals surface area contributed by atoms with Crippen LogP contribution in [0.3, 0.4) is 0 Å². The number of rotatable bonds is 3. The molecule has 0 saturated heterocycles. The first-order valence-electron chi connectivity index (χ1n) is 6.65. The predicted molar refractivity (Wildman–Crippen MR) is 74.8 cm³/mol. The number of anilines is 1. The van der Waals surface area contributed by atoms with Crippen molar-refractivity contribution in [1.82, 2.24) is 4.98 Å². The van der Waals surface area contributed by atoms with Gasteiger partial charge in [-0.2, -0.15) is 0 Å². The van der Waals surface area contributed by atoms with Gasteiger partial charge in [0.1, 0.15) is 5.82 Å². The van der Waals surface area contributed by atoms with Crippen LogP contribution in [0, 0.1) is 12.7 Å². The molecule has 1 N–H and O–H groups in total. The Morgan fingerprint density at radius 1 is 1.21 bits per heavy atom. The summed E-state index contributed by atoms with van der Waals surface area (Å²) in [7, 11) is 0. The molecule has 1 aliphatic carbocycles. The van der Waals surface area contributed by atoms with Crippen molar-refractivity contribution >= 4 is 5.69 Å². The first kappa shape index (κ1) is 12.2. The quantitative estimate of drug-likeness (QED) is 0.901. The van der Waals surface area contributed by atoms with Gasteiger partial charge in [-0.1, -0.05) is 18.2 Å². The summed E-state index contributed by atoms with van der Waals surface area (Å²) in [5.74, 6) is 0.263. The van der Waals surface area contributed by atoms with E-state index in [9.17, 15) is 4.39 Å². The fourth-order valence-corrected chi connectivity index (χ4v) is 2.63. The number of pyridine rings is 1. The first-order chi connectivity index (χ1) is 9.24. The van der Waals surface area contributed by atoms with Crippen LogP contribution in [-0.4, -0.2) is 11.0 Å². The Morgan fingerprint density at radius 2 is 2.00 bits per heavy atom. The standard InChI is InChI=1S/C16H17FN2/c1-11-6-7-18-10-16(11)19-13-8-12(9-13)14-4-2-3-5-15(14)17/h2-7,10,12-13,19H,8-9H2,1H3. The maximum Gasteiger partial charge on any atom is 0.126 e. The minimum Gasteiger partial charge on any atom is -0.381 e. The third kappa shape index (κ3) is 2.46. The van der Waals surface area contributed by atoms with Gasteiger partial charge in [0, 0.05) is 12.2 Å². The lowest BCUT2D eigenvalue weighted by Gasteiger charge is -2.37. The summed E-state index contributed by atoms with van der Waals surface area (Å²) in [6, 6.07) is 9.51. The van der Waals surface area contributed by atoms with Crippen LogP contribution in [-0.2, 0) is 0 Å². The lowest BCUT2D eigenvalue weighted by atomic mass is 9.75. The van der Waals surface area contributed by atoms with Crippen molar-refractivity contribution in [2.24, 2.45) is 0 Å². The molecule has 0 radical (unpaired) electrons. The Morgan fingerprint density at radius 3 is 2.74 bits per heavy atom. The van der Waals surface area contributed by atoms with Crippen molar-refractivity contribution in [3.8, 4) is 0 Å². The Bertz CT molecular complexity index is 576. The number of nitrogens with zero attached hydrogens (tertiary/aromatic N) is 1. The summed E-state index contributed by atoms with van der Waals surface area (Å²) in [4.78, 5) is 4.13. The molecule has 1 heterocycles. The molecule has 0 bridgehead atoms. The van der Waals surface area contributed by atoms with Gasteiger partial charge in [-0.3, -0.25) is 4.98 Å². The molecule has 0 aliphatic heterocycles. The zero-order valence-corrected chi connectivity index (χ0v) is 10.9. The number of halogens is 1. The molecular formula is C16H17FN2. The molecule has 98 valence electrons. The van der Waals surface area contributed by atoms with E-state index in [0.717, 1.165) is 24.1 Å². The molecule has 3 heteroatoms. The van der Waals surface area contributed by atoms with Gasteiger partial charge in [-0.05, 0) is 48.9 Å². The summed E-state index contributed by atoms with van der Waals surface area (Å²) in [6.45, 7) is 2.07. The summed E-state index contributed by atoms with van der Waals surface area (Å²) in [5, 5.41) is 3.48. The second-order valence-electron chi connectivity index (χ2n) is 5.22. The highest BCUT2D eigenvalue weighted by atomic mass is 19.1. The Kier molecular flexibility index (Phi) is 3.20. The molecule has 0 spiro atoms. The molecule has 2 aromatic rings. The molecule has 1 aliphatic rings. The third-order valence-corrected chi connectivity index (χ3v) is 3.88. The molecule has 2 nitrogen and oxygen atoms in total. The average molecular weight is 256 g/mol. The molecule has 1 fully saturated rings. The third-order valence-electron chi connectivity index (χ3n) is 3.88. The summed E-state index contributed by atoms with van der Waals surface area (Å²) in [6.07, 6.45) is 5.61. The van der Waals surface area contributed by atoms with Crippen molar-refractivity contribution in [1.29, 1.82) is 0 Å². The zero-order chi connectivity index (χ0) is 13.2. The normalized spacial score (nSPS) is 21.8. The number of hydrogen-bond acceptors (Lipinski definition) is 2. The van der Waals surface area contributed by atoms with Crippen molar-refractivity contribution in [3.63, 3.8) is 0 Å². The van der Waals surface area contributed by atoms with Crippen LogP contribution in [0.5, 0.6) is 0 Å². The van der Waals surface area contributed by atoms with Crippen LogP contribution in [0.4, 0.5) is 10.1 Å². The van der Waals surface area contributed by atoms with E-state index in [0.29, 0.717) is 12.0 Å². The van der Waals surface area contributed by atoms with Crippen LogP contribution in [0.15, 0.2) is 42.7 Å². The molecular weight excluding hydrogens is 239 g/mol. The highest BCUT2D eigenvalue weighted by Crippen LogP contribution is 2.39. The first-order valence-corrected chi connectivity index (χ1v) is 6.65. The molecule has 1 aromatic carbocycles. The highest BCUT2D eigenvalue weighted by Gasteiger charge is 2.31. The molecule has 0 unspecified atom stereocenters. The average Bonchev–Trinajstić information content (AvgIpc) is 2.37. The number of aromatic nitrogens is 1. The maximum atomic E-state index is 13.6. The number of benzene rings is 1. The van der Waals surface area contributed by atoms with Crippen LogP contribution in [0.1, 0.15) is 29.9 Å². The number of aryl methyl sites for hydroxylation is 1. The van der Waals surface area contributed by atoms with Gasteiger partial charge in [0.05, 0.1) is 11.9 Å². The van der Waals surface area contributed by atoms with Gasteiger partial charge in [-0.25, -0.2) is 4.39 Å². The van der Waals surface area contributed by atoms with Crippen LogP contribution in [0.25, 0.3) is 0 Å². The number of nitrogens with one attached hydrogen (secondary N) is 1. The summed E-state index contributed by atoms with van der Waals surface area (Å²) in [5.41, 5.74) is 3.13. The molecule has 0 atom stereocenters. The molecule has 0 amide bonds.